The molecular formula is C20H11F5N4O2. The smallest absolute Gasteiger partial charge is 0.406 e. The van der Waals surface area contributed by atoms with E-state index >= 15 is 0 Å². The molecule has 2 aromatic heterocycles. The van der Waals surface area contributed by atoms with Gasteiger partial charge in [0.15, 0.2) is 5.69 Å². The molecule has 0 N–H and O–H groups in total. The highest BCUT2D eigenvalue weighted by atomic mass is 19.4. The third kappa shape index (κ3) is 4.29. The van der Waals surface area contributed by atoms with Gasteiger partial charge in [-0.25, -0.2) is 18.1 Å². The summed E-state index contributed by atoms with van der Waals surface area (Å²) in [7, 11) is 0. The van der Waals surface area contributed by atoms with Gasteiger partial charge in [-0.15, -0.1) is 13.2 Å². The summed E-state index contributed by atoms with van der Waals surface area (Å²) < 4.78 is 70.9. The molecule has 11 heteroatoms. The van der Waals surface area contributed by atoms with Gasteiger partial charge in [0.25, 0.3) is 0 Å². The van der Waals surface area contributed by atoms with Gasteiger partial charge in [-0.1, -0.05) is 0 Å². The average Bonchev–Trinajstić information content (AvgIpc) is 3.19. The maximum Gasteiger partial charge on any atom is 0.573 e. The van der Waals surface area contributed by atoms with Crippen molar-refractivity contribution in [2.24, 2.45) is 0 Å². The predicted molar refractivity (Wildman–Crippen MR) is 99.0 cm³/mol. The fourth-order valence-corrected chi connectivity index (χ4v) is 2.85. The van der Waals surface area contributed by atoms with Crippen LogP contribution < -0.4 is 10.2 Å². The van der Waals surface area contributed by atoms with Crippen molar-refractivity contribution in [1.82, 2.24) is 19.6 Å². The number of nitrogens with zero attached hydrogens (tertiary/aromatic N) is 4. The molecule has 0 bridgehead atoms. The molecule has 0 aliphatic rings. The lowest BCUT2D eigenvalue weighted by Crippen LogP contribution is -2.17. The molecule has 2 heterocycles. The van der Waals surface area contributed by atoms with Crippen LogP contribution in [0.25, 0.3) is 22.8 Å². The summed E-state index contributed by atoms with van der Waals surface area (Å²) >= 11 is 0. The molecule has 6 nitrogen and oxygen atoms in total. The van der Waals surface area contributed by atoms with E-state index in [4.69, 9.17) is 0 Å². The van der Waals surface area contributed by atoms with E-state index in [1.54, 1.807) is 0 Å². The van der Waals surface area contributed by atoms with Gasteiger partial charge in [-0.3, -0.25) is 4.79 Å². The molecule has 4 rings (SSSR count). The van der Waals surface area contributed by atoms with Crippen LogP contribution in [0, 0.1) is 11.6 Å². The van der Waals surface area contributed by atoms with E-state index in [1.165, 1.54) is 41.3 Å². The third-order valence-corrected chi connectivity index (χ3v) is 4.16. The Kier molecular flexibility index (Phi) is 5.01. The quantitative estimate of drug-likeness (QED) is 0.451. The topological polar surface area (TPSA) is 61.9 Å². The van der Waals surface area contributed by atoms with E-state index in [0.29, 0.717) is 5.69 Å². The van der Waals surface area contributed by atoms with Crippen LogP contribution in [0.15, 0.2) is 71.8 Å². The van der Waals surface area contributed by atoms with E-state index in [-0.39, 0.29) is 17.1 Å². The van der Waals surface area contributed by atoms with Gasteiger partial charge in [0.05, 0.1) is 17.6 Å². The van der Waals surface area contributed by atoms with Crippen LogP contribution in [-0.4, -0.2) is 25.9 Å². The second-order valence-corrected chi connectivity index (χ2v) is 6.24. The van der Waals surface area contributed by atoms with E-state index in [9.17, 15) is 26.7 Å². The van der Waals surface area contributed by atoms with E-state index in [1.807, 2.05) is 0 Å². The standard InChI is InChI=1S/C20H11F5N4O2/c21-12-1-6-15(22)17(11-12)29-16(7-9-26-29)19-18(30)8-10-28(27-19)13-2-4-14(5-3-13)31-20(23,24)25/h1-11H. The normalized spacial score (nSPS) is 11.5. The van der Waals surface area contributed by atoms with Crippen molar-refractivity contribution in [2.45, 2.75) is 6.36 Å². The molecule has 158 valence electrons. The van der Waals surface area contributed by atoms with E-state index < -0.39 is 29.2 Å². The summed E-state index contributed by atoms with van der Waals surface area (Å²) in [6.07, 6.45) is -2.22. The number of aromatic nitrogens is 4. The summed E-state index contributed by atoms with van der Waals surface area (Å²) in [4.78, 5) is 12.4. The monoisotopic (exact) mass is 434 g/mol. The summed E-state index contributed by atoms with van der Waals surface area (Å²) in [5.74, 6) is -1.88. The van der Waals surface area contributed by atoms with Crippen molar-refractivity contribution in [3.05, 3.63) is 88.8 Å². The lowest BCUT2D eigenvalue weighted by molar-refractivity contribution is -0.274. The maximum atomic E-state index is 14.2. The third-order valence-electron chi connectivity index (χ3n) is 4.16. The number of benzene rings is 2. The number of halogens is 5. The van der Waals surface area contributed by atoms with Gasteiger partial charge in [0.1, 0.15) is 23.1 Å². The Morgan fingerprint density at radius 2 is 1.68 bits per heavy atom. The number of ether oxygens (including phenoxy) is 1. The molecule has 4 aromatic rings. The van der Waals surface area contributed by atoms with Gasteiger partial charge in [0, 0.05) is 18.3 Å². The number of hydrogen-bond donors (Lipinski definition) is 0. The van der Waals surface area contributed by atoms with Crippen molar-refractivity contribution < 1.29 is 26.7 Å². The SMILES string of the molecule is O=c1ccn(-c2ccc(OC(F)(F)F)cc2)nc1-c1ccnn1-c1cc(F)ccc1F. The average molecular weight is 434 g/mol. The highest BCUT2D eigenvalue weighted by molar-refractivity contribution is 5.57. The molecule has 0 fully saturated rings. The Labute approximate surface area is 170 Å². The van der Waals surface area contributed by atoms with Gasteiger partial charge < -0.3 is 4.74 Å². The minimum absolute atomic E-state index is 0.0980. The van der Waals surface area contributed by atoms with Crippen LogP contribution >= 0.6 is 0 Å². The highest BCUT2D eigenvalue weighted by Gasteiger charge is 2.31. The summed E-state index contributed by atoms with van der Waals surface area (Å²) in [5, 5.41) is 8.14. The first-order valence-electron chi connectivity index (χ1n) is 8.67. The molecule has 0 amide bonds. The van der Waals surface area contributed by atoms with Gasteiger partial charge in [-0.05, 0) is 42.5 Å². The summed E-state index contributed by atoms with van der Waals surface area (Å²) in [5.41, 5.74) is -0.434. The van der Waals surface area contributed by atoms with Gasteiger partial charge >= 0.3 is 6.36 Å². The molecule has 0 spiro atoms. The Morgan fingerprint density at radius 1 is 0.935 bits per heavy atom. The molecule has 0 saturated heterocycles. The Hall–Kier alpha value is -4.02. The second kappa shape index (κ2) is 7.67. The minimum Gasteiger partial charge on any atom is -0.406 e. The van der Waals surface area contributed by atoms with Crippen LogP contribution in [0.1, 0.15) is 0 Å². The van der Waals surface area contributed by atoms with Crippen LogP contribution in [0.2, 0.25) is 0 Å². The van der Waals surface area contributed by atoms with Crippen molar-refractivity contribution in [1.29, 1.82) is 0 Å². The first kappa shape index (κ1) is 20.3. The molecule has 0 atom stereocenters. The number of rotatable bonds is 4. The first-order chi connectivity index (χ1) is 14.7. The molecule has 0 unspecified atom stereocenters. The van der Waals surface area contributed by atoms with Gasteiger partial charge in [0.2, 0.25) is 5.43 Å². The number of hydrogen-bond acceptors (Lipinski definition) is 4. The van der Waals surface area contributed by atoms with E-state index in [0.717, 1.165) is 35.0 Å². The predicted octanol–water partition coefficient (Wildman–Crippen LogP) is 4.26. The zero-order valence-electron chi connectivity index (χ0n) is 15.3. The largest absolute Gasteiger partial charge is 0.573 e. The molecule has 31 heavy (non-hydrogen) atoms. The lowest BCUT2D eigenvalue weighted by atomic mass is 10.2. The van der Waals surface area contributed by atoms with Crippen LogP contribution in [0.5, 0.6) is 5.75 Å². The van der Waals surface area contributed by atoms with Crippen molar-refractivity contribution in [2.75, 3.05) is 0 Å². The van der Waals surface area contributed by atoms with Gasteiger partial charge in [-0.2, -0.15) is 10.2 Å². The lowest BCUT2D eigenvalue weighted by Gasteiger charge is -2.12. The summed E-state index contributed by atoms with van der Waals surface area (Å²) in [6.45, 7) is 0. The fraction of sp³-hybridized carbons (Fsp3) is 0.0500. The van der Waals surface area contributed by atoms with Crippen molar-refractivity contribution in [3.8, 4) is 28.5 Å². The fourth-order valence-electron chi connectivity index (χ4n) is 2.85. The zero-order valence-corrected chi connectivity index (χ0v) is 15.3. The van der Waals surface area contributed by atoms with E-state index in [2.05, 4.69) is 14.9 Å². The number of alkyl halides is 3. The van der Waals surface area contributed by atoms with Crippen LogP contribution in [-0.2, 0) is 0 Å². The van der Waals surface area contributed by atoms with Crippen LogP contribution in [0.4, 0.5) is 22.0 Å². The molecule has 0 aliphatic heterocycles. The maximum absolute atomic E-state index is 14.2. The first-order valence-corrected chi connectivity index (χ1v) is 8.67. The minimum atomic E-state index is -4.82. The molecule has 0 aliphatic carbocycles. The van der Waals surface area contributed by atoms with Crippen LogP contribution in [0.3, 0.4) is 0 Å². The molecular weight excluding hydrogens is 423 g/mol. The van der Waals surface area contributed by atoms with Crippen molar-refractivity contribution >= 4 is 0 Å². The summed E-state index contributed by atoms with van der Waals surface area (Å²) in [6, 6.07) is 10.2. The van der Waals surface area contributed by atoms with Crippen molar-refractivity contribution in [3.63, 3.8) is 0 Å². The second-order valence-electron chi connectivity index (χ2n) is 6.24. The zero-order chi connectivity index (χ0) is 22.2. The highest BCUT2D eigenvalue weighted by Crippen LogP contribution is 2.24. The molecule has 0 saturated carbocycles. The molecule has 0 radical (unpaired) electrons. The Balaban J connectivity index is 1.75. The Bertz CT molecular complexity index is 1300. The Morgan fingerprint density at radius 3 is 2.39 bits per heavy atom. The molecule has 2 aromatic carbocycles.